The molecule has 0 saturated carbocycles. The molecule has 0 aliphatic carbocycles. The molecule has 0 heterocycles. The Morgan fingerprint density at radius 2 is 1.62 bits per heavy atom. The normalized spacial score (nSPS) is 13.3. The minimum Gasteiger partial charge on any atom is -0.456 e. The second-order valence-corrected chi connectivity index (χ2v) is 10.7. The molecule has 3 N–H and O–H groups in total. The highest BCUT2D eigenvalue weighted by Crippen LogP contribution is 2.35. The van der Waals surface area contributed by atoms with Crippen molar-refractivity contribution in [3.63, 3.8) is 0 Å². The molecule has 0 aliphatic heterocycles. The molecule has 0 fully saturated rings. The van der Waals surface area contributed by atoms with E-state index in [2.05, 4.69) is 5.32 Å². The monoisotopic (exact) mass is 539 g/mol. The number of ether oxygens (including phenoxy) is 1. The number of halogens is 3. The second-order valence-electron chi connectivity index (χ2n) is 9.01. The molecule has 37 heavy (non-hydrogen) atoms. The van der Waals surface area contributed by atoms with E-state index in [1.54, 1.807) is 32.9 Å². The van der Waals surface area contributed by atoms with Crippen LogP contribution in [0.25, 0.3) is 11.1 Å². The van der Waals surface area contributed by atoms with Crippen LogP contribution in [0.4, 0.5) is 18.9 Å². The van der Waals surface area contributed by atoms with Crippen LogP contribution in [-0.4, -0.2) is 30.3 Å². The van der Waals surface area contributed by atoms with Gasteiger partial charge in [0.2, 0.25) is 10.0 Å². The van der Waals surface area contributed by atoms with Crippen molar-refractivity contribution >= 4 is 15.7 Å². The number of nitro groups is 1. The predicted octanol–water partition coefficient (Wildman–Crippen LogP) is 5.02. The van der Waals surface area contributed by atoms with Crippen LogP contribution in [-0.2, 0) is 16.2 Å². The standard InChI is InChI=1S/C24H24F3N3O6S/c1-23(2,3)28-22(31)29-37(34,35)21-14-18(30(32)33)11-12-20(21)36-19-6-4-5-16(13-19)15-7-9-17(10-8-15)24(25,26)27/h4-14,22,28-29,31H,1-3H3. The Morgan fingerprint density at radius 1 is 0.973 bits per heavy atom. The minimum atomic E-state index is -4.52. The molecule has 3 aromatic rings. The summed E-state index contributed by atoms with van der Waals surface area (Å²) in [6, 6.07) is 13.5. The lowest BCUT2D eigenvalue weighted by Gasteiger charge is -2.25. The largest absolute Gasteiger partial charge is 0.456 e. The fourth-order valence-corrected chi connectivity index (χ4v) is 4.40. The number of nitrogens with zero attached hydrogens (tertiary/aromatic N) is 1. The topological polar surface area (TPSA) is 131 Å². The van der Waals surface area contributed by atoms with E-state index in [1.807, 2.05) is 4.72 Å². The van der Waals surface area contributed by atoms with Crippen molar-refractivity contribution in [2.75, 3.05) is 0 Å². The number of benzene rings is 3. The zero-order valence-electron chi connectivity index (χ0n) is 19.9. The van der Waals surface area contributed by atoms with Gasteiger partial charge in [0.25, 0.3) is 5.69 Å². The van der Waals surface area contributed by atoms with Crippen molar-refractivity contribution in [2.24, 2.45) is 0 Å². The molecule has 0 amide bonds. The number of sulfonamides is 1. The van der Waals surface area contributed by atoms with Gasteiger partial charge in [-0.05, 0) is 62.2 Å². The number of aliphatic hydroxyl groups excluding tert-OH is 1. The maximum absolute atomic E-state index is 13.0. The highest BCUT2D eigenvalue weighted by atomic mass is 32.2. The maximum Gasteiger partial charge on any atom is 0.416 e. The van der Waals surface area contributed by atoms with E-state index in [4.69, 9.17) is 4.74 Å². The molecule has 1 atom stereocenters. The molecule has 9 nitrogen and oxygen atoms in total. The first-order valence-electron chi connectivity index (χ1n) is 10.8. The lowest BCUT2D eigenvalue weighted by Crippen LogP contribution is -2.52. The number of alkyl halides is 3. The molecule has 3 aromatic carbocycles. The van der Waals surface area contributed by atoms with Crippen molar-refractivity contribution in [3.8, 4) is 22.6 Å². The molecular formula is C24H24F3N3O6S. The van der Waals surface area contributed by atoms with E-state index in [-0.39, 0.29) is 11.5 Å². The van der Waals surface area contributed by atoms with Crippen molar-refractivity contribution < 1.29 is 36.4 Å². The van der Waals surface area contributed by atoms with E-state index >= 15 is 0 Å². The second kappa shape index (κ2) is 10.5. The Bertz CT molecular complexity index is 1390. The lowest BCUT2D eigenvalue weighted by atomic mass is 10.0. The van der Waals surface area contributed by atoms with E-state index in [9.17, 15) is 36.8 Å². The predicted molar refractivity (Wildman–Crippen MR) is 129 cm³/mol. The summed E-state index contributed by atoms with van der Waals surface area (Å²) >= 11 is 0. The van der Waals surface area contributed by atoms with Crippen LogP contribution in [0.2, 0.25) is 0 Å². The molecule has 198 valence electrons. The summed E-state index contributed by atoms with van der Waals surface area (Å²) in [5.74, 6) is -0.151. The van der Waals surface area contributed by atoms with Gasteiger partial charge in [-0.3, -0.25) is 15.4 Å². The quantitative estimate of drug-likeness (QED) is 0.208. The first kappa shape index (κ1) is 28.1. The first-order chi connectivity index (χ1) is 17.0. The van der Waals surface area contributed by atoms with E-state index in [1.165, 1.54) is 24.3 Å². The van der Waals surface area contributed by atoms with Crippen LogP contribution < -0.4 is 14.8 Å². The van der Waals surface area contributed by atoms with Crippen molar-refractivity contribution in [1.82, 2.24) is 10.0 Å². The van der Waals surface area contributed by atoms with Crippen LogP contribution in [0, 0.1) is 10.1 Å². The summed E-state index contributed by atoms with van der Waals surface area (Å²) < 4.78 is 72.3. The first-order valence-corrected chi connectivity index (χ1v) is 12.3. The van der Waals surface area contributed by atoms with Crippen molar-refractivity contribution in [1.29, 1.82) is 0 Å². The number of hydrogen-bond donors (Lipinski definition) is 3. The third-order valence-corrected chi connectivity index (χ3v) is 6.30. The number of nitrogens with one attached hydrogen (secondary N) is 2. The van der Waals surface area contributed by atoms with Gasteiger partial charge < -0.3 is 9.84 Å². The van der Waals surface area contributed by atoms with E-state index < -0.39 is 49.2 Å². The Labute approximate surface area is 211 Å². The van der Waals surface area contributed by atoms with Crippen LogP contribution >= 0.6 is 0 Å². The molecule has 0 aromatic heterocycles. The highest BCUT2D eigenvalue weighted by molar-refractivity contribution is 7.89. The zero-order valence-corrected chi connectivity index (χ0v) is 20.7. The third-order valence-electron chi connectivity index (χ3n) is 4.87. The van der Waals surface area contributed by atoms with Gasteiger partial charge in [0, 0.05) is 17.7 Å². The van der Waals surface area contributed by atoms with Gasteiger partial charge in [-0.1, -0.05) is 24.3 Å². The Morgan fingerprint density at radius 3 is 2.19 bits per heavy atom. The molecule has 0 spiro atoms. The fraction of sp³-hybridized carbons (Fsp3) is 0.250. The number of nitro benzene ring substituents is 1. The average Bonchev–Trinajstić information content (AvgIpc) is 2.77. The third kappa shape index (κ3) is 7.49. The Hall–Kier alpha value is -3.52. The summed E-state index contributed by atoms with van der Waals surface area (Å²) in [6.07, 6.45) is -6.19. The number of non-ortho nitro benzene ring substituents is 1. The smallest absolute Gasteiger partial charge is 0.416 e. The van der Waals surface area contributed by atoms with Crippen LogP contribution in [0.15, 0.2) is 71.6 Å². The summed E-state index contributed by atoms with van der Waals surface area (Å²) in [5, 5.41) is 24.0. The van der Waals surface area contributed by atoms with Gasteiger partial charge in [-0.25, -0.2) is 8.42 Å². The SMILES string of the molecule is CC(C)(C)NC(O)NS(=O)(=O)c1cc([N+](=O)[O-])ccc1Oc1cccc(-c2ccc(C(F)(F)F)cc2)c1. The maximum atomic E-state index is 13.0. The van der Waals surface area contributed by atoms with Gasteiger partial charge in [-0.15, -0.1) is 0 Å². The van der Waals surface area contributed by atoms with E-state index in [0.717, 1.165) is 30.3 Å². The van der Waals surface area contributed by atoms with Crippen LogP contribution in [0.3, 0.4) is 0 Å². The zero-order chi connectivity index (χ0) is 27.6. The molecule has 0 saturated heterocycles. The Balaban J connectivity index is 1.95. The molecule has 3 rings (SSSR count). The summed E-state index contributed by atoms with van der Waals surface area (Å²) in [6.45, 7) is 5.07. The fourth-order valence-electron chi connectivity index (χ4n) is 3.27. The van der Waals surface area contributed by atoms with E-state index in [0.29, 0.717) is 11.1 Å². The van der Waals surface area contributed by atoms with Gasteiger partial charge in [0.1, 0.15) is 16.4 Å². The van der Waals surface area contributed by atoms with Crippen LogP contribution in [0.5, 0.6) is 11.5 Å². The molecule has 0 aliphatic rings. The van der Waals surface area contributed by atoms with Crippen molar-refractivity contribution in [3.05, 3.63) is 82.4 Å². The van der Waals surface area contributed by atoms with Crippen molar-refractivity contribution in [2.45, 2.75) is 43.7 Å². The Kier molecular flexibility index (Phi) is 7.93. The highest BCUT2D eigenvalue weighted by Gasteiger charge is 2.30. The number of rotatable bonds is 8. The lowest BCUT2D eigenvalue weighted by molar-refractivity contribution is -0.385. The summed E-state index contributed by atoms with van der Waals surface area (Å²) in [5.41, 5.74) is -1.05. The summed E-state index contributed by atoms with van der Waals surface area (Å²) in [7, 11) is -4.52. The van der Waals surface area contributed by atoms with Crippen LogP contribution in [0.1, 0.15) is 26.3 Å². The molecule has 0 radical (unpaired) electrons. The number of hydrogen-bond acceptors (Lipinski definition) is 7. The molecule has 13 heteroatoms. The van der Waals surface area contributed by atoms with Gasteiger partial charge >= 0.3 is 6.18 Å². The summed E-state index contributed by atoms with van der Waals surface area (Å²) in [4.78, 5) is 9.88. The van der Waals surface area contributed by atoms with Gasteiger partial charge in [0.15, 0.2) is 6.35 Å². The average molecular weight is 540 g/mol. The van der Waals surface area contributed by atoms with Gasteiger partial charge in [-0.2, -0.15) is 17.9 Å². The molecular weight excluding hydrogens is 515 g/mol. The molecule has 0 bridgehead atoms. The molecule has 1 unspecified atom stereocenters. The van der Waals surface area contributed by atoms with Gasteiger partial charge in [0.05, 0.1) is 10.5 Å². The number of aliphatic hydroxyl groups is 1. The minimum absolute atomic E-state index is 0.121.